The summed E-state index contributed by atoms with van der Waals surface area (Å²) in [6, 6.07) is 8.89. The topological polar surface area (TPSA) is 94.2 Å². The van der Waals surface area contributed by atoms with Gasteiger partial charge >= 0.3 is 18.2 Å². The molecule has 2 atom stereocenters. The summed E-state index contributed by atoms with van der Waals surface area (Å²) in [5.41, 5.74) is 0.284. The maximum Gasteiger partial charge on any atom is 0.410 e. The van der Waals surface area contributed by atoms with Gasteiger partial charge in [0.15, 0.2) is 0 Å². The van der Waals surface area contributed by atoms with Crippen LogP contribution in [0.15, 0.2) is 42.5 Å². The molecule has 170 valence electrons. The van der Waals surface area contributed by atoms with Crippen LogP contribution in [-0.4, -0.2) is 54.4 Å². The smallest absolute Gasteiger partial charge is 0.410 e. The lowest BCUT2D eigenvalue weighted by Gasteiger charge is -2.29. The third-order valence-electron chi connectivity index (χ3n) is 4.77. The number of carbonyl (C=O) groups is 3. The number of amides is 2. The number of hydrogen-bond acceptors (Lipinski definition) is 6. The lowest BCUT2D eigenvalue weighted by Crippen LogP contribution is -2.48. The number of alkyl carbamates (subject to hydrolysis) is 1. The molecule has 0 aliphatic carbocycles. The zero-order chi connectivity index (χ0) is 22.9. The van der Waals surface area contributed by atoms with Crippen LogP contribution in [-0.2, 0) is 25.6 Å². The summed E-state index contributed by atoms with van der Waals surface area (Å²) in [6.07, 6.45) is 3.77. The molecule has 31 heavy (non-hydrogen) atoms. The standard InChI is InChI=1S/C23H32N2O6/c1-23(2,3)31-21(27)24-18-14-15-25(19(18)12-8-9-13-20(26)29-4)22(28)30-16-17-10-6-5-7-11-17/h5-7,9-11,13,18-19H,8,12,14-16H2,1-4H3,(H,24,27)/t18-,19+/m0/s1. The number of carbonyl (C=O) groups excluding carboxylic acids is 3. The molecule has 1 aliphatic rings. The molecule has 0 bridgehead atoms. The summed E-state index contributed by atoms with van der Waals surface area (Å²) in [7, 11) is 1.31. The van der Waals surface area contributed by atoms with Crippen LogP contribution in [0.2, 0.25) is 0 Å². The number of methoxy groups -OCH3 is 1. The molecule has 0 radical (unpaired) electrons. The van der Waals surface area contributed by atoms with E-state index < -0.39 is 23.8 Å². The number of allylic oxidation sites excluding steroid dienone is 1. The molecular weight excluding hydrogens is 400 g/mol. The summed E-state index contributed by atoms with van der Waals surface area (Å²) in [5, 5.41) is 2.88. The van der Waals surface area contributed by atoms with Crippen molar-refractivity contribution in [1.29, 1.82) is 0 Å². The number of nitrogens with one attached hydrogen (secondary N) is 1. The van der Waals surface area contributed by atoms with E-state index in [1.54, 1.807) is 31.7 Å². The monoisotopic (exact) mass is 432 g/mol. The summed E-state index contributed by atoms with van der Waals surface area (Å²) in [4.78, 5) is 37.9. The Hall–Kier alpha value is -3.03. The van der Waals surface area contributed by atoms with Gasteiger partial charge in [-0.2, -0.15) is 0 Å². The van der Waals surface area contributed by atoms with Gasteiger partial charge in [-0.1, -0.05) is 36.4 Å². The van der Waals surface area contributed by atoms with Crippen LogP contribution < -0.4 is 5.32 Å². The third kappa shape index (κ3) is 8.32. The molecule has 0 aromatic heterocycles. The Morgan fingerprint density at radius 2 is 1.90 bits per heavy atom. The molecule has 1 heterocycles. The van der Waals surface area contributed by atoms with E-state index >= 15 is 0 Å². The Kier molecular flexibility index (Phi) is 8.90. The number of hydrogen-bond donors (Lipinski definition) is 1. The fourth-order valence-corrected chi connectivity index (χ4v) is 3.38. The highest BCUT2D eigenvalue weighted by Crippen LogP contribution is 2.24. The molecule has 1 aromatic carbocycles. The predicted octanol–water partition coefficient (Wildman–Crippen LogP) is 3.80. The minimum absolute atomic E-state index is 0.176. The summed E-state index contributed by atoms with van der Waals surface area (Å²) in [5.74, 6) is -0.436. The van der Waals surface area contributed by atoms with Crippen LogP contribution in [0, 0.1) is 0 Å². The van der Waals surface area contributed by atoms with Crippen LogP contribution in [0.25, 0.3) is 0 Å². The van der Waals surface area contributed by atoms with Crippen molar-refractivity contribution in [1.82, 2.24) is 10.2 Å². The van der Waals surface area contributed by atoms with Crippen molar-refractivity contribution in [3.05, 3.63) is 48.0 Å². The molecule has 0 spiro atoms. The van der Waals surface area contributed by atoms with Crippen LogP contribution in [0.5, 0.6) is 0 Å². The Balaban J connectivity index is 2.02. The van der Waals surface area contributed by atoms with E-state index in [9.17, 15) is 14.4 Å². The predicted molar refractivity (Wildman–Crippen MR) is 115 cm³/mol. The van der Waals surface area contributed by atoms with Crippen molar-refractivity contribution >= 4 is 18.2 Å². The van der Waals surface area contributed by atoms with Gasteiger partial charge in [0.1, 0.15) is 12.2 Å². The highest BCUT2D eigenvalue weighted by molar-refractivity contribution is 5.81. The lowest BCUT2D eigenvalue weighted by molar-refractivity contribution is -0.134. The van der Waals surface area contributed by atoms with E-state index in [0.717, 1.165) is 5.56 Å². The first-order valence-electron chi connectivity index (χ1n) is 10.4. The van der Waals surface area contributed by atoms with E-state index in [-0.39, 0.29) is 18.7 Å². The molecule has 2 amide bonds. The minimum atomic E-state index is -0.615. The third-order valence-corrected chi connectivity index (χ3v) is 4.77. The maximum absolute atomic E-state index is 12.7. The average molecular weight is 433 g/mol. The summed E-state index contributed by atoms with van der Waals surface area (Å²) in [6.45, 7) is 6.02. The van der Waals surface area contributed by atoms with Crippen LogP contribution in [0.4, 0.5) is 9.59 Å². The number of ether oxygens (including phenoxy) is 3. The van der Waals surface area contributed by atoms with Gasteiger partial charge in [0.2, 0.25) is 0 Å². The van der Waals surface area contributed by atoms with Gasteiger partial charge in [0, 0.05) is 12.6 Å². The first-order valence-corrected chi connectivity index (χ1v) is 10.4. The quantitative estimate of drug-likeness (QED) is 0.400. The molecule has 1 fully saturated rings. The van der Waals surface area contributed by atoms with Gasteiger partial charge in [0.05, 0.1) is 19.2 Å². The second-order valence-corrected chi connectivity index (χ2v) is 8.35. The molecular formula is C23H32N2O6. The Morgan fingerprint density at radius 1 is 1.19 bits per heavy atom. The molecule has 1 saturated heterocycles. The normalized spacial score (nSPS) is 18.6. The fraction of sp³-hybridized carbons (Fsp3) is 0.522. The van der Waals surface area contributed by atoms with E-state index in [4.69, 9.17) is 9.47 Å². The van der Waals surface area contributed by atoms with E-state index in [0.29, 0.717) is 25.8 Å². The van der Waals surface area contributed by atoms with Crippen molar-refractivity contribution in [2.24, 2.45) is 0 Å². The van der Waals surface area contributed by atoms with Gasteiger partial charge in [-0.25, -0.2) is 14.4 Å². The van der Waals surface area contributed by atoms with Gasteiger partial charge in [-0.3, -0.25) is 0 Å². The van der Waals surface area contributed by atoms with Crippen LogP contribution in [0.1, 0.15) is 45.6 Å². The first-order chi connectivity index (χ1) is 14.7. The van der Waals surface area contributed by atoms with Crippen LogP contribution >= 0.6 is 0 Å². The molecule has 8 heteroatoms. The highest BCUT2D eigenvalue weighted by atomic mass is 16.6. The molecule has 1 aliphatic heterocycles. The van der Waals surface area contributed by atoms with E-state index in [1.165, 1.54) is 13.2 Å². The fourth-order valence-electron chi connectivity index (χ4n) is 3.38. The summed E-state index contributed by atoms with van der Waals surface area (Å²) < 4.78 is 15.4. The van der Waals surface area contributed by atoms with E-state index in [1.807, 2.05) is 30.3 Å². The van der Waals surface area contributed by atoms with Crippen molar-refractivity contribution in [3.63, 3.8) is 0 Å². The summed E-state index contributed by atoms with van der Waals surface area (Å²) >= 11 is 0. The zero-order valence-corrected chi connectivity index (χ0v) is 18.6. The van der Waals surface area contributed by atoms with Gasteiger partial charge in [-0.15, -0.1) is 0 Å². The molecule has 0 unspecified atom stereocenters. The van der Waals surface area contributed by atoms with Gasteiger partial charge < -0.3 is 24.4 Å². The number of esters is 1. The average Bonchev–Trinajstić information content (AvgIpc) is 3.10. The number of likely N-dealkylation sites (tertiary alicyclic amines) is 1. The molecule has 0 saturated carbocycles. The Labute approximate surface area is 183 Å². The second-order valence-electron chi connectivity index (χ2n) is 8.35. The maximum atomic E-state index is 12.7. The minimum Gasteiger partial charge on any atom is -0.466 e. The number of nitrogens with zero attached hydrogens (tertiary/aromatic N) is 1. The lowest BCUT2D eigenvalue weighted by atomic mass is 10.0. The van der Waals surface area contributed by atoms with E-state index in [2.05, 4.69) is 10.1 Å². The SMILES string of the molecule is COC(=O)C=CCC[C@@H]1[C@@H](NC(=O)OC(C)(C)C)CCN1C(=O)OCc1ccccc1. The van der Waals surface area contributed by atoms with Gasteiger partial charge in [0.25, 0.3) is 0 Å². The van der Waals surface area contributed by atoms with Gasteiger partial charge in [-0.05, 0) is 45.6 Å². The molecule has 2 rings (SSSR count). The highest BCUT2D eigenvalue weighted by Gasteiger charge is 2.38. The Bertz CT molecular complexity index is 772. The zero-order valence-electron chi connectivity index (χ0n) is 18.6. The van der Waals surface area contributed by atoms with Crippen molar-refractivity contribution < 1.29 is 28.6 Å². The van der Waals surface area contributed by atoms with Crippen molar-refractivity contribution in [2.75, 3.05) is 13.7 Å². The molecule has 1 N–H and O–H groups in total. The molecule has 8 nitrogen and oxygen atoms in total. The largest absolute Gasteiger partial charge is 0.466 e. The molecule has 1 aromatic rings. The Morgan fingerprint density at radius 3 is 2.55 bits per heavy atom. The number of benzene rings is 1. The van der Waals surface area contributed by atoms with Crippen LogP contribution in [0.3, 0.4) is 0 Å². The number of rotatable bonds is 7. The van der Waals surface area contributed by atoms with Crippen molar-refractivity contribution in [3.8, 4) is 0 Å². The second kappa shape index (κ2) is 11.4. The first kappa shape index (κ1) is 24.2. The van der Waals surface area contributed by atoms with Crippen molar-refractivity contribution in [2.45, 2.75) is 64.3 Å².